The third-order valence-corrected chi connectivity index (χ3v) is 2.05. The lowest BCUT2D eigenvalue weighted by Crippen LogP contribution is -2.07. The monoisotopic (exact) mass is 223 g/mol. The molecule has 6 heteroatoms. The molecule has 0 fully saturated rings. The van der Waals surface area contributed by atoms with Crippen molar-refractivity contribution in [3.05, 3.63) is 17.4 Å². The van der Waals surface area contributed by atoms with Crippen LogP contribution in [0.2, 0.25) is 5.15 Å². The summed E-state index contributed by atoms with van der Waals surface area (Å²) in [5, 5.41) is 1.22. The fourth-order valence-electron chi connectivity index (χ4n) is 1.12. The van der Waals surface area contributed by atoms with E-state index in [4.69, 9.17) is 11.6 Å². The minimum absolute atomic E-state index is 0.351. The molecule has 1 N–H and O–H groups in total. The molecule has 0 bridgehead atoms. The highest BCUT2D eigenvalue weighted by Crippen LogP contribution is 2.21. The number of aromatic nitrogens is 3. The molecule has 0 aromatic carbocycles. The van der Waals surface area contributed by atoms with E-state index in [-0.39, 0.29) is 0 Å². The van der Waals surface area contributed by atoms with E-state index in [0.29, 0.717) is 16.7 Å². The minimum Gasteiger partial charge on any atom is -0.369 e. The number of H-pyrrole nitrogens is 1. The maximum Gasteiger partial charge on any atom is 0.254 e. The summed E-state index contributed by atoms with van der Waals surface area (Å²) in [6, 6.07) is 1.83. The van der Waals surface area contributed by atoms with Gasteiger partial charge in [0, 0.05) is 20.3 Å². The Morgan fingerprint density at radius 3 is 3.00 bits per heavy atom. The Kier molecular flexibility index (Phi) is 2.55. The van der Waals surface area contributed by atoms with Gasteiger partial charge in [0.05, 0.1) is 11.7 Å². The second-order valence-corrected chi connectivity index (χ2v) is 3.62. The number of aliphatic imine (C=N–C) groups is 1. The Morgan fingerprint density at radius 2 is 2.27 bits per heavy atom. The van der Waals surface area contributed by atoms with Crippen LogP contribution >= 0.6 is 11.6 Å². The van der Waals surface area contributed by atoms with Crippen LogP contribution in [0.3, 0.4) is 0 Å². The first-order valence-electron chi connectivity index (χ1n) is 4.38. The van der Waals surface area contributed by atoms with Crippen molar-refractivity contribution in [1.82, 2.24) is 19.9 Å². The molecule has 78 valence electrons. The summed E-state index contributed by atoms with van der Waals surface area (Å²) in [5.41, 5.74) is 0.695. The molecule has 2 aromatic rings. The first-order valence-corrected chi connectivity index (χ1v) is 4.76. The average molecular weight is 224 g/mol. The van der Waals surface area contributed by atoms with Crippen molar-refractivity contribution < 1.29 is 0 Å². The Hall–Kier alpha value is -1.62. The van der Waals surface area contributed by atoms with Crippen molar-refractivity contribution in [3.63, 3.8) is 0 Å². The molecule has 15 heavy (non-hydrogen) atoms. The number of aromatic amines is 1. The smallest absolute Gasteiger partial charge is 0.254 e. The van der Waals surface area contributed by atoms with E-state index >= 15 is 0 Å². The predicted molar refractivity (Wildman–Crippen MR) is 60.7 cm³/mol. The van der Waals surface area contributed by atoms with Crippen LogP contribution in [0.25, 0.3) is 11.0 Å². The van der Waals surface area contributed by atoms with E-state index in [0.717, 1.165) is 5.39 Å². The van der Waals surface area contributed by atoms with Gasteiger partial charge in [0.2, 0.25) is 0 Å². The van der Waals surface area contributed by atoms with Gasteiger partial charge in [0.25, 0.3) is 5.95 Å². The Bertz CT molecular complexity index is 502. The highest BCUT2D eigenvalue weighted by atomic mass is 35.5. The summed E-state index contributed by atoms with van der Waals surface area (Å²) in [4.78, 5) is 17.1. The van der Waals surface area contributed by atoms with Gasteiger partial charge in [-0.2, -0.15) is 9.97 Å². The number of nitrogens with one attached hydrogen (secondary N) is 1. The van der Waals surface area contributed by atoms with Gasteiger partial charge in [-0.05, 0) is 6.07 Å². The van der Waals surface area contributed by atoms with Crippen molar-refractivity contribution in [2.75, 3.05) is 14.1 Å². The third kappa shape index (κ3) is 2.07. The van der Waals surface area contributed by atoms with E-state index in [9.17, 15) is 0 Å². The first kappa shape index (κ1) is 9.92. The van der Waals surface area contributed by atoms with Gasteiger partial charge >= 0.3 is 0 Å². The molecular weight excluding hydrogens is 214 g/mol. The van der Waals surface area contributed by atoms with Gasteiger partial charge in [0.1, 0.15) is 10.8 Å². The van der Waals surface area contributed by atoms with E-state index in [2.05, 4.69) is 19.9 Å². The molecular formula is C9H10ClN5. The zero-order valence-corrected chi connectivity index (χ0v) is 9.15. The number of hydrogen-bond donors (Lipinski definition) is 1. The van der Waals surface area contributed by atoms with E-state index in [1.165, 1.54) is 0 Å². The number of fused-ring (bicyclic) bond motifs is 1. The molecule has 0 atom stereocenters. The first-order chi connectivity index (χ1) is 7.16. The molecule has 0 unspecified atom stereocenters. The van der Waals surface area contributed by atoms with Gasteiger partial charge in [-0.15, -0.1) is 0 Å². The molecule has 2 heterocycles. The van der Waals surface area contributed by atoms with Crippen molar-refractivity contribution in [2.45, 2.75) is 0 Å². The minimum atomic E-state index is 0.351. The zero-order chi connectivity index (χ0) is 10.8. The van der Waals surface area contributed by atoms with Crippen LogP contribution in [0.15, 0.2) is 17.3 Å². The van der Waals surface area contributed by atoms with Crippen LogP contribution in [0.1, 0.15) is 0 Å². The largest absolute Gasteiger partial charge is 0.369 e. The van der Waals surface area contributed by atoms with Gasteiger partial charge in [-0.1, -0.05) is 11.6 Å². The van der Waals surface area contributed by atoms with Crippen LogP contribution in [-0.2, 0) is 0 Å². The van der Waals surface area contributed by atoms with Gasteiger partial charge < -0.3 is 9.88 Å². The lowest BCUT2D eigenvalue weighted by molar-refractivity contribution is 0.642. The summed E-state index contributed by atoms with van der Waals surface area (Å²) >= 11 is 5.96. The Balaban J connectivity index is 2.45. The van der Waals surface area contributed by atoms with Crippen molar-refractivity contribution >= 4 is 34.9 Å². The summed E-state index contributed by atoms with van der Waals surface area (Å²) in [5.74, 6) is 0.351. The molecule has 0 spiro atoms. The molecule has 0 aliphatic heterocycles. The summed E-state index contributed by atoms with van der Waals surface area (Å²) in [7, 11) is 3.75. The highest BCUT2D eigenvalue weighted by molar-refractivity contribution is 6.34. The predicted octanol–water partition coefficient (Wildman–Crippen LogP) is 1.83. The number of rotatable bonds is 2. The van der Waals surface area contributed by atoms with Gasteiger partial charge in [0.15, 0.2) is 0 Å². The lowest BCUT2D eigenvalue weighted by Gasteiger charge is -2.01. The Labute approximate surface area is 91.8 Å². The van der Waals surface area contributed by atoms with Crippen LogP contribution in [0.5, 0.6) is 0 Å². The summed E-state index contributed by atoms with van der Waals surface area (Å²) < 4.78 is 0. The number of nitrogens with zero attached hydrogens (tertiary/aromatic N) is 4. The molecule has 0 saturated carbocycles. The van der Waals surface area contributed by atoms with Crippen molar-refractivity contribution in [3.8, 4) is 0 Å². The Morgan fingerprint density at radius 1 is 1.47 bits per heavy atom. The van der Waals surface area contributed by atoms with Crippen LogP contribution in [0, 0.1) is 0 Å². The van der Waals surface area contributed by atoms with E-state index in [1.807, 2.05) is 20.2 Å². The molecule has 2 aromatic heterocycles. The second kappa shape index (κ2) is 3.86. The van der Waals surface area contributed by atoms with Crippen LogP contribution < -0.4 is 0 Å². The fraction of sp³-hybridized carbons (Fsp3) is 0.222. The number of halogens is 1. The zero-order valence-electron chi connectivity index (χ0n) is 8.40. The molecule has 0 aliphatic carbocycles. The van der Waals surface area contributed by atoms with Gasteiger partial charge in [-0.3, -0.25) is 0 Å². The van der Waals surface area contributed by atoms with E-state index < -0.39 is 0 Å². The second-order valence-electron chi connectivity index (χ2n) is 3.26. The van der Waals surface area contributed by atoms with Gasteiger partial charge in [-0.25, -0.2) is 4.99 Å². The molecule has 0 amide bonds. The van der Waals surface area contributed by atoms with Crippen LogP contribution in [-0.4, -0.2) is 40.3 Å². The molecule has 0 radical (unpaired) electrons. The molecule has 0 saturated heterocycles. The van der Waals surface area contributed by atoms with Crippen LogP contribution in [0.4, 0.5) is 5.95 Å². The topological polar surface area (TPSA) is 57.2 Å². The third-order valence-electron chi connectivity index (χ3n) is 1.76. The summed E-state index contributed by atoms with van der Waals surface area (Å²) in [6.45, 7) is 0. The SMILES string of the molecule is CN(C)/C=N/c1nc(Cl)c2cc[nH]c2n1. The standard InChI is InChI=1S/C9H10ClN5/c1-15(2)5-12-9-13-7(10)6-3-4-11-8(6)14-9/h3-5H,1-2H3,(H,11,13,14)/b12-5+. The van der Waals surface area contributed by atoms with Crippen molar-refractivity contribution in [2.24, 2.45) is 4.99 Å². The molecule has 2 rings (SSSR count). The maximum absolute atomic E-state index is 5.96. The molecule has 0 aliphatic rings. The normalized spacial score (nSPS) is 11.4. The van der Waals surface area contributed by atoms with E-state index in [1.54, 1.807) is 17.4 Å². The fourth-order valence-corrected chi connectivity index (χ4v) is 1.35. The number of hydrogen-bond acceptors (Lipinski definition) is 3. The van der Waals surface area contributed by atoms with Crippen molar-refractivity contribution in [1.29, 1.82) is 0 Å². The highest BCUT2D eigenvalue weighted by Gasteiger charge is 2.04. The maximum atomic E-state index is 5.96. The summed E-state index contributed by atoms with van der Waals surface area (Å²) in [6.07, 6.45) is 3.39. The quantitative estimate of drug-likeness (QED) is 0.480. The molecule has 5 nitrogen and oxygen atoms in total. The lowest BCUT2D eigenvalue weighted by atomic mass is 10.4. The average Bonchev–Trinajstić information content (AvgIpc) is 2.63.